The number of hydrogen-bond acceptors (Lipinski definition) is 4. The van der Waals surface area contributed by atoms with Crippen LogP contribution >= 0.6 is 7.60 Å². The molecule has 1 rings (SSSR count). The van der Waals surface area contributed by atoms with Crippen molar-refractivity contribution in [2.45, 2.75) is 39.0 Å². The standard InChI is InChI=1S/C11H21O4P/c1-11(7-5-4-6-8-11)10(12)9-16(13,14-2)15-3/h4-9H2,1-3H3. The highest BCUT2D eigenvalue weighted by Gasteiger charge is 2.38. The second kappa shape index (κ2) is 5.44. The van der Waals surface area contributed by atoms with Gasteiger partial charge in [0.2, 0.25) is 0 Å². The van der Waals surface area contributed by atoms with Crippen molar-refractivity contribution in [3.8, 4) is 0 Å². The molecule has 0 aromatic carbocycles. The van der Waals surface area contributed by atoms with Crippen LogP contribution in [0.4, 0.5) is 0 Å². The van der Waals surface area contributed by atoms with Crippen LogP contribution in [-0.2, 0) is 18.4 Å². The SMILES string of the molecule is COP(=O)(CC(=O)C1(C)CCCCC1)OC. The maximum atomic E-state index is 12.1. The third-order valence-electron chi connectivity index (χ3n) is 3.52. The molecule has 0 saturated heterocycles. The average Bonchev–Trinajstić information content (AvgIpc) is 2.30. The van der Waals surface area contributed by atoms with Crippen molar-refractivity contribution in [3.05, 3.63) is 0 Å². The van der Waals surface area contributed by atoms with E-state index in [9.17, 15) is 9.36 Å². The van der Waals surface area contributed by atoms with Gasteiger partial charge in [0.1, 0.15) is 6.16 Å². The molecule has 0 heterocycles. The molecule has 0 aromatic rings. The fraction of sp³-hybridized carbons (Fsp3) is 0.909. The van der Waals surface area contributed by atoms with E-state index in [0.717, 1.165) is 25.7 Å². The normalized spacial score (nSPS) is 20.7. The number of hydrogen-bond donors (Lipinski definition) is 0. The number of rotatable bonds is 5. The van der Waals surface area contributed by atoms with Gasteiger partial charge in [-0.2, -0.15) is 0 Å². The first-order chi connectivity index (χ1) is 7.46. The molecule has 1 saturated carbocycles. The van der Waals surface area contributed by atoms with Gasteiger partial charge in [0, 0.05) is 19.6 Å². The number of carbonyl (C=O) groups is 1. The predicted octanol–water partition coefficient (Wildman–Crippen LogP) is 3.01. The Hall–Kier alpha value is -0.180. The van der Waals surface area contributed by atoms with Crippen molar-refractivity contribution < 1.29 is 18.4 Å². The lowest BCUT2D eigenvalue weighted by Crippen LogP contribution is -2.32. The molecule has 0 aromatic heterocycles. The van der Waals surface area contributed by atoms with Gasteiger partial charge in [0.05, 0.1) is 0 Å². The van der Waals surface area contributed by atoms with Gasteiger partial charge in [-0.25, -0.2) is 0 Å². The van der Waals surface area contributed by atoms with Crippen LogP contribution in [0.1, 0.15) is 39.0 Å². The smallest absolute Gasteiger partial charge is 0.312 e. The van der Waals surface area contributed by atoms with E-state index in [2.05, 4.69) is 0 Å². The molecular formula is C11H21O4P. The summed E-state index contributed by atoms with van der Waals surface area (Å²) in [5, 5.41) is 0. The lowest BCUT2D eigenvalue weighted by atomic mass is 9.73. The molecule has 4 nitrogen and oxygen atoms in total. The number of ketones is 1. The number of Topliss-reactive ketones (excluding diaryl/α,β-unsaturated/α-hetero) is 1. The van der Waals surface area contributed by atoms with Gasteiger partial charge in [-0.05, 0) is 12.8 Å². The topological polar surface area (TPSA) is 52.6 Å². The molecule has 1 aliphatic rings. The summed E-state index contributed by atoms with van der Waals surface area (Å²) in [6.45, 7) is 1.96. The van der Waals surface area contributed by atoms with E-state index in [-0.39, 0.29) is 17.4 Å². The van der Waals surface area contributed by atoms with Crippen molar-refractivity contribution >= 4 is 13.4 Å². The van der Waals surface area contributed by atoms with Gasteiger partial charge in [0.15, 0.2) is 5.78 Å². The Balaban J connectivity index is 2.67. The fourth-order valence-corrected chi connectivity index (χ4v) is 3.32. The molecular weight excluding hydrogens is 227 g/mol. The molecule has 1 fully saturated rings. The second-order valence-corrected chi connectivity index (χ2v) is 6.95. The van der Waals surface area contributed by atoms with Crippen LogP contribution in [0.3, 0.4) is 0 Å². The lowest BCUT2D eigenvalue weighted by Gasteiger charge is -2.32. The first-order valence-corrected chi connectivity index (χ1v) is 7.42. The van der Waals surface area contributed by atoms with Gasteiger partial charge in [-0.3, -0.25) is 9.36 Å². The summed E-state index contributed by atoms with van der Waals surface area (Å²) in [6.07, 6.45) is 5.02. The molecule has 5 heteroatoms. The zero-order valence-electron chi connectivity index (χ0n) is 10.3. The Morgan fingerprint density at radius 3 is 2.12 bits per heavy atom. The number of carbonyl (C=O) groups excluding carboxylic acids is 1. The van der Waals surface area contributed by atoms with Crippen LogP contribution in [-0.4, -0.2) is 26.2 Å². The fourth-order valence-electron chi connectivity index (χ4n) is 2.18. The largest absolute Gasteiger partial charge is 0.337 e. The van der Waals surface area contributed by atoms with E-state index in [1.807, 2.05) is 6.92 Å². The van der Waals surface area contributed by atoms with E-state index >= 15 is 0 Å². The second-order valence-electron chi connectivity index (χ2n) is 4.68. The molecule has 0 unspecified atom stereocenters. The van der Waals surface area contributed by atoms with Crippen LogP contribution in [0.15, 0.2) is 0 Å². The summed E-state index contributed by atoms with van der Waals surface area (Å²) in [5.41, 5.74) is -0.328. The van der Waals surface area contributed by atoms with Crippen LogP contribution in [0.2, 0.25) is 0 Å². The summed E-state index contributed by atoms with van der Waals surface area (Å²) in [7, 11) is -0.556. The van der Waals surface area contributed by atoms with E-state index < -0.39 is 7.60 Å². The summed E-state index contributed by atoms with van der Waals surface area (Å²) >= 11 is 0. The minimum Gasteiger partial charge on any atom is -0.312 e. The molecule has 0 aliphatic heterocycles. The Morgan fingerprint density at radius 2 is 1.69 bits per heavy atom. The van der Waals surface area contributed by atoms with Crippen LogP contribution < -0.4 is 0 Å². The van der Waals surface area contributed by atoms with Gasteiger partial charge in [-0.15, -0.1) is 0 Å². The van der Waals surface area contributed by atoms with Gasteiger partial charge in [0.25, 0.3) is 0 Å². The first-order valence-electron chi connectivity index (χ1n) is 5.70. The predicted molar refractivity (Wildman–Crippen MR) is 62.7 cm³/mol. The van der Waals surface area contributed by atoms with Crippen molar-refractivity contribution in [1.82, 2.24) is 0 Å². The Labute approximate surface area is 97.2 Å². The monoisotopic (exact) mass is 248 g/mol. The Kier molecular flexibility index (Phi) is 4.72. The van der Waals surface area contributed by atoms with Crippen molar-refractivity contribution in [1.29, 1.82) is 0 Å². The van der Waals surface area contributed by atoms with Gasteiger partial charge < -0.3 is 9.05 Å². The third-order valence-corrected chi connectivity index (χ3v) is 5.31. The summed E-state index contributed by atoms with van der Waals surface area (Å²) < 4.78 is 21.5. The molecule has 94 valence electrons. The zero-order chi connectivity index (χ0) is 12.2. The maximum Gasteiger partial charge on any atom is 0.337 e. The van der Waals surface area contributed by atoms with E-state index in [1.165, 1.54) is 20.6 Å². The third kappa shape index (κ3) is 3.16. The van der Waals surface area contributed by atoms with Crippen LogP contribution in [0, 0.1) is 5.41 Å². The van der Waals surface area contributed by atoms with E-state index in [1.54, 1.807) is 0 Å². The minimum absolute atomic E-state index is 0.0132. The maximum absolute atomic E-state index is 12.1. The summed E-state index contributed by atoms with van der Waals surface area (Å²) in [4.78, 5) is 12.1. The highest BCUT2D eigenvalue weighted by atomic mass is 31.2. The molecule has 0 N–H and O–H groups in total. The quantitative estimate of drug-likeness (QED) is 0.702. The molecule has 0 bridgehead atoms. The molecule has 0 amide bonds. The van der Waals surface area contributed by atoms with Crippen molar-refractivity contribution in [3.63, 3.8) is 0 Å². The molecule has 0 radical (unpaired) electrons. The molecule has 0 spiro atoms. The Bertz CT molecular complexity index is 286. The lowest BCUT2D eigenvalue weighted by molar-refractivity contribution is -0.127. The van der Waals surface area contributed by atoms with Crippen LogP contribution in [0.5, 0.6) is 0 Å². The van der Waals surface area contributed by atoms with E-state index in [4.69, 9.17) is 9.05 Å². The zero-order valence-corrected chi connectivity index (χ0v) is 11.2. The van der Waals surface area contributed by atoms with Crippen molar-refractivity contribution in [2.24, 2.45) is 5.41 Å². The summed E-state index contributed by atoms with van der Waals surface area (Å²) in [6, 6.07) is 0. The van der Waals surface area contributed by atoms with Crippen LogP contribution in [0.25, 0.3) is 0 Å². The minimum atomic E-state index is -3.20. The molecule has 16 heavy (non-hydrogen) atoms. The van der Waals surface area contributed by atoms with Gasteiger partial charge in [-0.1, -0.05) is 26.2 Å². The first kappa shape index (κ1) is 13.9. The molecule has 0 atom stereocenters. The van der Waals surface area contributed by atoms with Crippen molar-refractivity contribution in [2.75, 3.05) is 20.4 Å². The van der Waals surface area contributed by atoms with E-state index in [0.29, 0.717) is 0 Å². The average molecular weight is 248 g/mol. The highest BCUT2D eigenvalue weighted by Crippen LogP contribution is 2.49. The Morgan fingerprint density at radius 1 is 1.19 bits per heavy atom. The summed E-state index contributed by atoms with van der Waals surface area (Å²) in [5.74, 6) is 0.0132. The van der Waals surface area contributed by atoms with Gasteiger partial charge >= 0.3 is 7.60 Å². The highest BCUT2D eigenvalue weighted by molar-refractivity contribution is 7.54. The molecule has 1 aliphatic carbocycles.